The maximum Gasteiger partial charge on any atom is 0.236 e. The molecule has 0 unspecified atom stereocenters. The Labute approximate surface area is 162 Å². The standard InChI is InChI=1S/C17H14BrF2N3O3S/c1-8-15-16(26-22-8)14(20)12(6-9-2-3-10(18)7-13(9)19)17(21-15)23-27(24,25)11-4-5-11/h2-3,7,11H,4-6H2,1H3,(H,21,23). The van der Waals surface area contributed by atoms with Crippen LogP contribution in [0.4, 0.5) is 14.6 Å². The van der Waals surface area contributed by atoms with E-state index in [1.807, 2.05) is 0 Å². The van der Waals surface area contributed by atoms with E-state index in [2.05, 4.69) is 30.8 Å². The number of anilines is 1. The number of hydrogen-bond acceptors (Lipinski definition) is 5. The number of benzene rings is 1. The summed E-state index contributed by atoms with van der Waals surface area (Å²) in [6.07, 6.45) is 0.891. The number of pyridine rings is 1. The Bertz CT molecular complexity index is 1160. The van der Waals surface area contributed by atoms with Crippen molar-refractivity contribution in [2.24, 2.45) is 0 Å². The molecule has 1 aliphatic carbocycles. The second-order valence-electron chi connectivity index (χ2n) is 6.46. The first-order valence-electron chi connectivity index (χ1n) is 8.16. The summed E-state index contributed by atoms with van der Waals surface area (Å²) in [5.41, 5.74) is 0.373. The molecule has 6 nitrogen and oxygen atoms in total. The van der Waals surface area contributed by atoms with Crippen LogP contribution in [0.25, 0.3) is 11.1 Å². The summed E-state index contributed by atoms with van der Waals surface area (Å²) in [6, 6.07) is 4.37. The minimum absolute atomic E-state index is 0.0934. The fraction of sp³-hybridized carbons (Fsp3) is 0.294. The molecule has 1 aromatic carbocycles. The molecule has 2 heterocycles. The maximum atomic E-state index is 15.1. The Hall–Kier alpha value is -2.07. The van der Waals surface area contributed by atoms with E-state index in [-0.39, 0.29) is 34.5 Å². The number of rotatable bonds is 5. The van der Waals surface area contributed by atoms with E-state index < -0.39 is 26.9 Å². The highest BCUT2D eigenvalue weighted by Crippen LogP contribution is 2.34. The molecule has 0 amide bonds. The van der Waals surface area contributed by atoms with Crippen LogP contribution < -0.4 is 4.72 Å². The molecule has 0 atom stereocenters. The summed E-state index contributed by atoms with van der Waals surface area (Å²) in [5.74, 6) is -1.52. The SMILES string of the molecule is Cc1noc2c(F)c(Cc3ccc(Br)cc3F)c(NS(=O)(=O)C3CC3)nc12. The van der Waals surface area contributed by atoms with Crippen molar-refractivity contribution in [3.8, 4) is 0 Å². The van der Waals surface area contributed by atoms with Gasteiger partial charge in [0.25, 0.3) is 0 Å². The molecule has 0 radical (unpaired) electrons. The molecule has 10 heteroatoms. The highest BCUT2D eigenvalue weighted by molar-refractivity contribution is 9.10. The normalized spacial score (nSPS) is 14.7. The predicted molar refractivity (Wildman–Crippen MR) is 99.0 cm³/mol. The second kappa shape index (κ2) is 6.52. The van der Waals surface area contributed by atoms with Crippen LogP contribution in [0, 0.1) is 18.6 Å². The monoisotopic (exact) mass is 457 g/mol. The van der Waals surface area contributed by atoms with Crippen molar-refractivity contribution < 1.29 is 21.7 Å². The third-order valence-electron chi connectivity index (χ3n) is 4.39. The van der Waals surface area contributed by atoms with Gasteiger partial charge in [-0.15, -0.1) is 0 Å². The van der Waals surface area contributed by atoms with Crippen molar-refractivity contribution in [2.45, 2.75) is 31.4 Å². The van der Waals surface area contributed by atoms with Crippen LogP contribution in [-0.2, 0) is 16.4 Å². The largest absolute Gasteiger partial charge is 0.351 e. The van der Waals surface area contributed by atoms with Crippen LogP contribution in [0.3, 0.4) is 0 Å². The van der Waals surface area contributed by atoms with Gasteiger partial charge in [-0.05, 0) is 37.5 Å². The molecular formula is C17H14BrF2N3O3S. The summed E-state index contributed by atoms with van der Waals surface area (Å²) >= 11 is 3.17. The zero-order valence-electron chi connectivity index (χ0n) is 14.1. The van der Waals surface area contributed by atoms with Gasteiger partial charge in [0.15, 0.2) is 5.82 Å². The van der Waals surface area contributed by atoms with Gasteiger partial charge in [-0.2, -0.15) is 0 Å². The molecule has 1 aliphatic rings. The summed E-state index contributed by atoms with van der Waals surface area (Å²) in [7, 11) is -3.68. The Kier molecular flexibility index (Phi) is 4.42. The Morgan fingerprint density at radius 1 is 1.33 bits per heavy atom. The number of sulfonamides is 1. The van der Waals surface area contributed by atoms with Crippen molar-refractivity contribution in [3.05, 3.63) is 51.1 Å². The average molecular weight is 458 g/mol. The van der Waals surface area contributed by atoms with Gasteiger partial charge in [0, 0.05) is 16.5 Å². The molecule has 4 rings (SSSR count). The number of fused-ring (bicyclic) bond motifs is 1. The lowest BCUT2D eigenvalue weighted by Gasteiger charge is -2.13. The van der Waals surface area contributed by atoms with E-state index in [1.54, 1.807) is 13.0 Å². The zero-order chi connectivity index (χ0) is 19.3. The lowest BCUT2D eigenvalue weighted by molar-refractivity contribution is 0.434. The quantitative estimate of drug-likeness (QED) is 0.623. The topological polar surface area (TPSA) is 85.1 Å². The second-order valence-corrected chi connectivity index (χ2v) is 9.33. The molecule has 142 valence electrons. The third-order valence-corrected chi connectivity index (χ3v) is 6.71. The van der Waals surface area contributed by atoms with Gasteiger partial charge in [-0.25, -0.2) is 22.2 Å². The van der Waals surface area contributed by atoms with Gasteiger partial charge in [-0.3, -0.25) is 4.72 Å². The van der Waals surface area contributed by atoms with E-state index in [0.29, 0.717) is 23.0 Å². The maximum absolute atomic E-state index is 15.1. The minimum atomic E-state index is -3.68. The van der Waals surface area contributed by atoms with Gasteiger partial charge in [0.05, 0.1) is 5.25 Å². The summed E-state index contributed by atoms with van der Waals surface area (Å²) in [5, 5.41) is 3.17. The summed E-state index contributed by atoms with van der Waals surface area (Å²) in [6.45, 7) is 1.57. The predicted octanol–water partition coefficient (Wildman–Crippen LogP) is 4.07. The van der Waals surface area contributed by atoms with Crippen LogP contribution in [0.1, 0.15) is 29.7 Å². The summed E-state index contributed by atoms with van der Waals surface area (Å²) in [4.78, 5) is 4.22. The molecule has 3 aromatic rings. The lowest BCUT2D eigenvalue weighted by atomic mass is 10.0. The van der Waals surface area contributed by atoms with Crippen molar-refractivity contribution in [1.82, 2.24) is 10.1 Å². The van der Waals surface area contributed by atoms with E-state index in [4.69, 9.17) is 4.52 Å². The average Bonchev–Trinajstić information content (AvgIpc) is 3.39. The van der Waals surface area contributed by atoms with E-state index in [9.17, 15) is 12.8 Å². The van der Waals surface area contributed by atoms with Crippen molar-refractivity contribution in [2.75, 3.05) is 4.72 Å². The molecule has 0 saturated heterocycles. The highest BCUT2D eigenvalue weighted by Gasteiger charge is 2.37. The van der Waals surface area contributed by atoms with E-state index in [0.717, 1.165) is 0 Å². The smallest absolute Gasteiger partial charge is 0.236 e. The van der Waals surface area contributed by atoms with Gasteiger partial charge in [0.2, 0.25) is 15.6 Å². The number of aromatic nitrogens is 2. The summed E-state index contributed by atoms with van der Waals surface area (Å²) < 4.78 is 61.9. The van der Waals surface area contributed by atoms with Crippen LogP contribution in [-0.4, -0.2) is 23.8 Å². The van der Waals surface area contributed by atoms with Crippen molar-refractivity contribution >= 4 is 42.9 Å². The molecule has 1 fully saturated rings. The first-order chi connectivity index (χ1) is 12.8. The van der Waals surface area contributed by atoms with Crippen LogP contribution in [0.2, 0.25) is 0 Å². The fourth-order valence-electron chi connectivity index (χ4n) is 2.76. The van der Waals surface area contributed by atoms with Crippen molar-refractivity contribution in [3.63, 3.8) is 0 Å². The molecule has 0 spiro atoms. The van der Waals surface area contributed by atoms with Gasteiger partial charge < -0.3 is 4.52 Å². The lowest BCUT2D eigenvalue weighted by Crippen LogP contribution is -2.20. The van der Waals surface area contributed by atoms with Crippen molar-refractivity contribution in [1.29, 1.82) is 0 Å². The molecule has 27 heavy (non-hydrogen) atoms. The van der Waals surface area contributed by atoms with Crippen LogP contribution >= 0.6 is 15.9 Å². The van der Waals surface area contributed by atoms with Gasteiger partial charge in [-0.1, -0.05) is 27.2 Å². The third kappa shape index (κ3) is 3.43. The number of nitrogens with one attached hydrogen (secondary N) is 1. The number of aryl methyl sites for hydroxylation is 1. The van der Waals surface area contributed by atoms with Gasteiger partial charge >= 0.3 is 0 Å². The molecular weight excluding hydrogens is 444 g/mol. The zero-order valence-corrected chi connectivity index (χ0v) is 16.5. The first-order valence-corrected chi connectivity index (χ1v) is 10.5. The minimum Gasteiger partial charge on any atom is -0.351 e. The number of nitrogens with zero attached hydrogens (tertiary/aromatic N) is 2. The van der Waals surface area contributed by atoms with Gasteiger partial charge in [0.1, 0.15) is 22.8 Å². The van der Waals surface area contributed by atoms with Crippen LogP contribution in [0.15, 0.2) is 27.2 Å². The molecule has 0 aliphatic heterocycles. The molecule has 0 bridgehead atoms. The Morgan fingerprint density at radius 3 is 2.74 bits per heavy atom. The van der Waals surface area contributed by atoms with E-state index >= 15 is 4.39 Å². The number of hydrogen-bond donors (Lipinski definition) is 1. The Balaban J connectivity index is 1.85. The van der Waals surface area contributed by atoms with Crippen LogP contribution in [0.5, 0.6) is 0 Å². The van der Waals surface area contributed by atoms with E-state index in [1.165, 1.54) is 12.1 Å². The highest BCUT2D eigenvalue weighted by atomic mass is 79.9. The molecule has 2 aromatic heterocycles. The Morgan fingerprint density at radius 2 is 2.07 bits per heavy atom. The fourth-order valence-corrected chi connectivity index (χ4v) is 4.45. The molecule has 1 N–H and O–H groups in total. The number of halogens is 3. The first kappa shape index (κ1) is 18.3. The molecule has 1 saturated carbocycles.